The van der Waals surface area contributed by atoms with Crippen molar-refractivity contribution in [1.29, 1.82) is 0 Å². The van der Waals surface area contributed by atoms with Gasteiger partial charge in [-0.1, -0.05) is 53.9 Å². The molecule has 2 rings (SSSR count). The second-order valence-electron chi connectivity index (χ2n) is 7.05. The molecule has 0 spiro atoms. The quantitative estimate of drug-likeness (QED) is 0.542. The lowest BCUT2D eigenvalue weighted by molar-refractivity contribution is -0.140. The van der Waals surface area contributed by atoms with Crippen LogP contribution in [-0.2, 0) is 26.2 Å². The molecule has 0 radical (unpaired) electrons. The summed E-state index contributed by atoms with van der Waals surface area (Å²) in [5, 5.41) is 3.47. The van der Waals surface area contributed by atoms with Gasteiger partial charge in [0.05, 0.1) is 17.0 Å². The van der Waals surface area contributed by atoms with Gasteiger partial charge in [-0.2, -0.15) is 0 Å². The minimum Gasteiger partial charge on any atom is -0.357 e. The number of nitrogens with zero attached hydrogens (tertiary/aromatic N) is 2. The first-order valence-electron chi connectivity index (χ1n) is 9.66. The van der Waals surface area contributed by atoms with Crippen LogP contribution in [0.2, 0.25) is 15.1 Å². The number of halogens is 3. The van der Waals surface area contributed by atoms with Crippen LogP contribution in [0.15, 0.2) is 42.5 Å². The molecule has 2 aromatic rings. The van der Waals surface area contributed by atoms with Gasteiger partial charge in [0.15, 0.2) is 0 Å². The summed E-state index contributed by atoms with van der Waals surface area (Å²) in [5.41, 5.74) is 0.811. The first-order chi connectivity index (χ1) is 15.0. The fraction of sp³-hybridized carbons (Fsp3) is 0.333. The van der Waals surface area contributed by atoms with E-state index in [1.54, 1.807) is 31.2 Å². The minimum absolute atomic E-state index is 0.0782. The summed E-state index contributed by atoms with van der Waals surface area (Å²) in [7, 11) is -2.42. The van der Waals surface area contributed by atoms with Crippen LogP contribution in [0, 0.1) is 0 Å². The highest BCUT2D eigenvalue weighted by molar-refractivity contribution is 7.92. The highest BCUT2D eigenvalue weighted by atomic mass is 35.5. The zero-order valence-electron chi connectivity index (χ0n) is 17.8. The number of benzene rings is 2. The number of carbonyl (C=O) groups excluding carboxylic acids is 2. The molecule has 0 heterocycles. The minimum atomic E-state index is -3.90. The zero-order chi connectivity index (χ0) is 24.1. The number of nitrogens with one attached hydrogen (secondary N) is 1. The topological polar surface area (TPSA) is 86.8 Å². The van der Waals surface area contributed by atoms with Crippen molar-refractivity contribution in [3.05, 3.63) is 63.1 Å². The van der Waals surface area contributed by atoms with E-state index < -0.39 is 28.5 Å². The van der Waals surface area contributed by atoms with Gasteiger partial charge in [-0.15, -0.1) is 0 Å². The summed E-state index contributed by atoms with van der Waals surface area (Å²) in [4.78, 5) is 27.2. The normalized spacial score (nSPS) is 12.2. The van der Waals surface area contributed by atoms with E-state index in [0.29, 0.717) is 11.4 Å². The van der Waals surface area contributed by atoms with Crippen molar-refractivity contribution in [3.8, 4) is 0 Å². The third-order valence-electron chi connectivity index (χ3n) is 4.75. The predicted molar refractivity (Wildman–Crippen MR) is 129 cm³/mol. The van der Waals surface area contributed by atoms with Crippen LogP contribution < -0.4 is 9.62 Å². The molecule has 0 saturated carbocycles. The summed E-state index contributed by atoms with van der Waals surface area (Å²) >= 11 is 18.2. The molecule has 0 aliphatic rings. The molecule has 32 heavy (non-hydrogen) atoms. The number of hydrogen-bond acceptors (Lipinski definition) is 4. The van der Waals surface area contributed by atoms with Crippen molar-refractivity contribution in [1.82, 2.24) is 10.2 Å². The number of anilines is 1. The Morgan fingerprint density at radius 2 is 1.62 bits per heavy atom. The van der Waals surface area contributed by atoms with Gasteiger partial charge in [0.25, 0.3) is 0 Å². The Kier molecular flexibility index (Phi) is 9.21. The van der Waals surface area contributed by atoms with Crippen LogP contribution in [-0.4, -0.2) is 51.0 Å². The number of sulfonamides is 1. The maximum Gasteiger partial charge on any atom is 0.244 e. The van der Waals surface area contributed by atoms with Crippen LogP contribution in [0.4, 0.5) is 5.69 Å². The molecule has 1 unspecified atom stereocenters. The van der Waals surface area contributed by atoms with E-state index >= 15 is 0 Å². The molecule has 1 N–H and O–H groups in total. The van der Waals surface area contributed by atoms with Crippen molar-refractivity contribution >= 4 is 62.3 Å². The molecule has 7 nitrogen and oxygen atoms in total. The summed E-state index contributed by atoms with van der Waals surface area (Å²) in [6.45, 7) is 1.30. The van der Waals surface area contributed by atoms with E-state index in [4.69, 9.17) is 34.8 Å². The number of amides is 2. The average Bonchev–Trinajstić information content (AvgIpc) is 2.73. The van der Waals surface area contributed by atoms with Gasteiger partial charge >= 0.3 is 0 Å². The summed E-state index contributed by atoms with van der Waals surface area (Å²) in [5.74, 6) is -0.932. The number of likely N-dealkylation sites (N-methyl/N-ethyl adjacent to an activating group) is 1. The summed E-state index contributed by atoms with van der Waals surface area (Å²) < 4.78 is 26.0. The van der Waals surface area contributed by atoms with Gasteiger partial charge < -0.3 is 10.2 Å². The second-order valence-corrected chi connectivity index (χ2v) is 10.2. The Bertz CT molecular complexity index is 1080. The molecule has 0 saturated heterocycles. The van der Waals surface area contributed by atoms with Crippen LogP contribution in [0.1, 0.15) is 18.9 Å². The zero-order valence-corrected chi connectivity index (χ0v) is 20.9. The van der Waals surface area contributed by atoms with Gasteiger partial charge in [-0.3, -0.25) is 13.9 Å². The molecular weight excluding hydrogens is 497 g/mol. The number of hydrogen-bond donors (Lipinski definition) is 1. The Labute approximate surface area is 203 Å². The standard InChI is InChI=1S/C21H24Cl3N3O4S/c1-4-18(21(29)25-2)26(12-14-5-7-15(22)8-6-14)20(28)13-27(32(3,30)31)19-11-16(23)9-10-17(19)24/h5-11,18H,4,12-13H2,1-3H3,(H,25,29). The molecule has 0 fully saturated rings. The SMILES string of the molecule is CCC(C(=O)NC)N(Cc1ccc(Cl)cc1)C(=O)CN(c1cc(Cl)ccc1Cl)S(C)(=O)=O. The van der Waals surface area contributed by atoms with Gasteiger partial charge in [0, 0.05) is 23.6 Å². The first-order valence-corrected chi connectivity index (χ1v) is 12.6. The molecule has 174 valence electrons. The molecule has 1 atom stereocenters. The number of rotatable bonds is 9. The third-order valence-corrected chi connectivity index (χ3v) is 6.69. The lowest BCUT2D eigenvalue weighted by atomic mass is 10.1. The Hall–Kier alpha value is -2.00. The van der Waals surface area contributed by atoms with E-state index in [0.717, 1.165) is 16.1 Å². The van der Waals surface area contributed by atoms with Crippen LogP contribution in [0.5, 0.6) is 0 Å². The third kappa shape index (κ3) is 6.75. The molecule has 2 aromatic carbocycles. The van der Waals surface area contributed by atoms with Crippen molar-refractivity contribution in [2.24, 2.45) is 0 Å². The monoisotopic (exact) mass is 519 g/mol. The van der Waals surface area contributed by atoms with E-state index in [-0.39, 0.29) is 28.2 Å². The predicted octanol–water partition coefficient (Wildman–Crippen LogP) is 3.97. The molecule has 0 aromatic heterocycles. The molecule has 0 bridgehead atoms. The largest absolute Gasteiger partial charge is 0.357 e. The molecule has 11 heteroatoms. The first kappa shape index (κ1) is 26.3. The van der Waals surface area contributed by atoms with Gasteiger partial charge in [0.1, 0.15) is 12.6 Å². The second kappa shape index (κ2) is 11.2. The Morgan fingerprint density at radius 1 is 1.03 bits per heavy atom. The highest BCUT2D eigenvalue weighted by Crippen LogP contribution is 2.31. The summed E-state index contributed by atoms with van der Waals surface area (Å²) in [6.07, 6.45) is 1.30. The fourth-order valence-electron chi connectivity index (χ4n) is 3.14. The maximum absolute atomic E-state index is 13.4. The van der Waals surface area contributed by atoms with E-state index in [1.165, 1.54) is 30.1 Å². The van der Waals surface area contributed by atoms with Crippen LogP contribution >= 0.6 is 34.8 Å². The average molecular weight is 521 g/mol. The van der Waals surface area contributed by atoms with Gasteiger partial charge in [-0.25, -0.2) is 8.42 Å². The van der Waals surface area contributed by atoms with Crippen LogP contribution in [0.3, 0.4) is 0 Å². The lowest BCUT2D eigenvalue weighted by Crippen LogP contribution is -2.51. The van der Waals surface area contributed by atoms with Crippen molar-refractivity contribution in [3.63, 3.8) is 0 Å². The van der Waals surface area contributed by atoms with Gasteiger partial charge in [0.2, 0.25) is 21.8 Å². The lowest BCUT2D eigenvalue weighted by Gasteiger charge is -2.32. The smallest absolute Gasteiger partial charge is 0.244 e. The van der Waals surface area contributed by atoms with Crippen molar-refractivity contribution in [2.45, 2.75) is 25.9 Å². The van der Waals surface area contributed by atoms with E-state index in [2.05, 4.69) is 5.32 Å². The highest BCUT2D eigenvalue weighted by Gasteiger charge is 2.32. The van der Waals surface area contributed by atoms with Crippen molar-refractivity contribution < 1.29 is 18.0 Å². The Balaban J connectivity index is 2.46. The van der Waals surface area contributed by atoms with Gasteiger partial charge in [-0.05, 0) is 42.3 Å². The Morgan fingerprint density at radius 3 is 2.16 bits per heavy atom. The maximum atomic E-state index is 13.4. The van der Waals surface area contributed by atoms with Crippen LogP contribution in [0.25, 0.3) is 0 Å². The molecule has 2 amide bonds. The fourth-order valence-corrected chi connectivity index (χ4v) is 4.56. The van der Waals surface area contributed by atoms with Crippen molar-refractivity contribution in [2.75, 3.05) is 24.2 Å². The molecular formula is C21H24Cl3N3O4S. The van der Waals surface area contributed by atoms with E-state index in [9.17, 15) is 18.0 Å². The molecule has 0 aliphatic heterocycles. The molecule has 0 aliphatic carbocycles. The van der Waals surface area contributed by atoms with E-state index in [1.807, 2.05) is 0 Å². The number of carbonyl (C=O) groups is 2. The summed E-state index contributed by atoms with van der Waals surface area (Å²) in [6, 6.07) is 10.4.